The van der Waals surface area contributed by atoms with E-state index in [0.717, 1.165) is 22.3 Å². The minimum absolute atomic E-state index is 0.0963. The fraction of sp³-hybridized carbons (Fsp3) is 0.375. The third-order valence-electron chi connectivity index (χ3n) is 5.77. The third-order valence-corrected chi connectivity index (χ3v) is 5.77. The van der Waals surface area contributed by atoms with Gasteiger partial charge in [0.25, 0.3) is 0 Å². The molecule has 1 aliphatic rings. The van der Waals surface area contributed by atoms with Gasteiger partial charge in [-0.1, -0.05) is 55.5 Å². The minimum Gasteiger partial charge on any atom is -0.480 e. The first-order chi connectivity index (χ1) is 15.4. The molecule has 0 spiro atoms. The highest BCUT2D eigenvalue weighted by Crippen LogP contribution is 2.44. The van der Waals surface area contributed by atoms with E-state index in [-0.39, 0.29) is 18.9 Å². The van der Waals surface area contributed by atoms with Gasteiger partial charge in [0.1, 0.15) is 12.6 Å². The summed E-state index contributed by atoms with van der Waals surface area (Å²) >= 11 is 0. The Morgan fingerprint density at radius 2 is 1.56 bits per heavy atom. The number of aliphatic carboxylic acids is 1. The maximum atomic E-state index is 12.5. The molecule has 8 nitrogen and oxygen atoms in total. The number of alkyl carbamates (subject to hydrolysis) is 1. The number of hydrogen-bond acceptors (Lipinski definition) is 5. The molecular formula is C24H28N2O6. The predicted molar refractivity (Wildman–Crippen MR) is 118 cm³/mol. The number of carbonyl (C=O) groups excluding carboxylic acids is 2. The first kappa shape index (κ1) is 23.3. The molecule has 0 saturated heterocycles. The second-order valence-corrected chi connectivity index (χ2v) is 7.70. The topological polar surface area (TPSA) is 114 Å². The highest BCUT2D eigenvalue weighted by Gasteiger charge is 2.31. The highest BCUT2D eigenvalue weighted by molar-refractivity contribution is 5.89. The number of methoxy groups -OCH3 is 1. The molecule has 2 aromatic rings. The SMILES string of the molecule is CCC(NC(=O)OCC1c2ccccc2-c2ccccc21)C(=O)N[C@H](C(=O)O)[C@@H](C)OC. The second-order valence-electron chi connectivity index (χ2n) is 7.70. The van der Waals surface area contributed by atoms with E-state index in [0.29, 0.717) is 0 Å². The molecule has 2 amide bonds. The average molecular weight is 440 g/mol. The van der Waals surface area contributed by atoms with Crippen molar-refractivity contribution in [1.29, 1.82) is 0 Å². The summed E-state index contributed by atoms with van der Waals surface area (Å²) in [6.07, 6.45) is -1.20. The van der Waals surface area contributed by atoms with E-state index in [2.05, 4.69) is 10.6 Å². The van der Waals surface area contributed by atoms with Crippen molar-refractivity contribution < 1.29 is 29.0 Å². The molecule has 8 heteroatoms. The molecule has 0 heterocycles. The number of nitrogens with one attached hydrogen (secondary N) is 2. The normalized spacial score (nSPS) is 15.1. The summed E-state index contributed by atoms with van der Waals surface area (Å²) in [5.41, 5.74) is 4.41. The number of carboxylic acids is 1. The Hall–Kier alpha value is -3.39. The first-order valence-corrected chi connectivity index (χ1v) is 10.5. The Morgan fingerprint density at radius 3 is 2.06 bits per heavy atom. The van der Waals surface area contributed by atoms with Gasteiger partial charge in [-0.2, -0.15) is 0 Å². The van der Waals surface area contributed by atoms with Crippen LogP contribution in [0, 0.1) is 0 Å². The average Bonchev–Trinajstić information content (AvgIpc) is 3.12. The fourth-order valence-corrected chi connectivity index (χ4v) is 3.91. The van der Waals surface area contributed by atoms with Gasteiger partial charge in [-0.25, -0.2) is 9.59 Å². The van der Waals surface area contributed by atoms with Crippen molar-refractivity contribution in [2.24, 2.45) is 0 Å². The molecule has 32 heavy (non-hydrogen) atoms. The van der Waals surface area contributed by atoms with E-state index in [1.54, 1.807) is 13.8 Å². The Balaban J connectivity index is 1.63. The van der Waals surface area contributed by atoms with Crippen LogP contribution in [0.3, 0.4) is 0 Å². The number of ether oxygens (including phenoxy) is 2. The number of amides is 2. The maximum absolute atomic E-state index is 12.5. The van der Waals surface area contributed by atoms with Gasteiger partial charge >= 0.3 is 12.1 Å². The summed E-state index contributed by atoms with van der Waals surface area (Å²) in [5, 5.41) is 14.3. The molecule has 0 saturated carbocycles. The number of carboxylic acid groups (broad SMARTS) is 1. The lowest BCUT2D eigenvalue weighted by atomic mass is 9.98. The van der Waals surface area contributed by atoms with E-state index < -0.39 is 36.2 Å². The van der Waals surface area contributed by atoms with Crippen molar-refractivity contribution in [3.05, 3.63) is 59.7 Å². The van der Waals surface area contributed by atoms with E-state index >= 15 is 0 Å². The van der Waals surface area contributed by atoms with E-state index in [1.165, 1.54) is 7.11 Å². The van der Waals surface area contributed by atoms with Gasteiger partial charge in [0, 0.05) is 13.0 Å². The molecule has 1 aliphatic carbocycles. The van der Waals surface area contributed by atoms with Crippen LogP contribution in [0.25, 0.3) is 11.1 Å². The smallest absolute Gasteiger partial charge is 0.407 e. The molecule has 3 atom stereocenters. The largest absolute Gasteiger partial charge is 0.480 e. The van der Waals surface area contributed by atoms with Gasteiger partial charge in [0.2, 0.25) is 5.91 Å². The fourth-order valence-electron chi connectivity index (χ4n) is 3.91. The Bertz CT molecular complexity index is 946. The van der Waals surface area contributed by atoms with Crippen LogP contribution in [0.15, 0.2) is 48.5 Å². The quantitative estimate of drug-likeness (QED) is 0.553. The van der Waals surface area contributed by atoms with E-state index in [9.17, 15) is 19.5 Å². The van der Waals surface area contributed by atoms with Crippen molar-refractivity contribution in [1.82, 2.24) is 10.6 Å². The van der Waals surface area contributed by atoms with Crippen molar-refractivity contribution in [2.45, 2.75) is 44.4 Å². The maximum Gasteiger partial charge on any atom is 0.407 e. The van der Waals surface area contributed by atoms with Crippen molar-refractivity contribution >= 4 is 18.0 Å². The van der Waals surface area contributed by atoms with Crippen LogP contribution in [0.2, 0.25) is 0 Å². The molecule has 170 valence electrons. The monoisotopic (exact) mass is 440 g/mol. The molecule has 2 aromatic carbocycles. The van der Waals surface area contributed by atoms with E-state index in [4.69, 9.17) is 9.47 Å². The Kier molecular flexibility index (Phi) is 7.48. The van der Waals surface area contributed by atoms with Crippen molar-refractivity contribution in [3.8, 4) is 11.1 Å². The summed E-state index contributed by atoms with van der Waals surface area (Å²) in [4.78, 5) is 36.4. The molecule has 3 N–H and O–H groups in total. The lowest BCUT2D eigenvalue weighted by Crippen LogP contribution is -2.55. The summed E-state index contributed by atoms with van der Waals surface area (Å²) in [6.45, 7) is 3.37. The molecule has 3 rings (SSSR count). The summed E-state index contributed by atoms with van der Waals surface area (Å²) in [5.74, 6) is -1.93. The van der Waals surface area contributed by atoms with Gasteiger partial charge in [-0.15, -0.1) is 0 Å². The van der Waals surface area contributed by atoms with Crippen LogP contribution in [0.4, 0.5) is 4.79 Å². The molecule has 0 bridgehead atoms. The van der Waals surface area contributed by atoms with Crippen LogP contribution in [0.1, 0.15) is 37.3 Å². The van der Waals surface area contributed by atoms with Crippen LogP contribution < -0.4 is 10.6 Å². The summed E-state index contributed by atoms with van der Waals surface area (Å²) in [6, 6.07) is 13.8. The zero-order valence-corrected chi connectivity index (χ0v) is 18.3. The minimum atomic E-state index is -1.23. The van der Waals surface area contributed by atoms with Gasteiger partial charge in [-0.05, 0) is 35.6 Å². The molecule has 1 unspecified atom stereocenters. The predicted octanol–water partition coefficient (Wildman–Crippen LogP) is 2.91. The van der Waals surface area contributed by atoms with Crippen LogP contribution in [-0.2, 0) is 19.1 Å². The molecule has 0 fully saturated rings. The number of fused-ring (bicyclic) bond motifs is 3. The number of hydrogen-bond donors (Lipinski definition) is 3. The van der Waals surface area contributed by atoms with Crippen molar-refractivity contribution in [3.63, 3.8) is 0 Å². The Labute approximate surface area is 186 Å². The van der Waals surface area contributed by atoms with Crippen LogP contribution in [0.5, 0.6) is 0 Å². The third kappa shape index (κ3) is 4.91. The Morgan fingerprint density at radius 1 is 1.00 bits per heavy atom. The van der Waals surface area contributed by atoms with Gasteiger partial charge in [0.05, 0.1) is 6.10 Å². The lowest BCUT2D eigenvalue weighted by Gasteiger charge is -2.23. The number of carbonyl (C=O) groups is 3. The van der Waals surface area contributed by atoms with E-state index in [1.807, 2.05) is 48.5 Å². The molecule has 0 radical (unpaired) electrons. The second kappa shape index (κ2) is 10.3. The standard InChI is InChI=1S/C24H28N2O6/c1-4-20(22(27)26-21(23(28)29)14(2)31-3)25-24(30)32-13-19-17-11-7-5-9-15(17)16-10-6-8-12-18(16)19/h5-12,14,19-21H,4,13H2,1-3H3,(H,25,30)(H,26,27)(H,28,29)/t14-,20?,21+/m1/s1. The zero-order valence-electron chi connectivity index (χ0n) is 18.3. The van der Waals surface area contributed by atoms with Crippen molar-refractivity contribution in [2.75, 3.05) is 13.7 Å². The highest BCUT2D eigenvalue weighted by atomic mass is 16.5. The molecule has 0 aromatic heterocycles. The van der Waals surface area contributed by atoms with Gasteiger partial charge in [-0.3, -0.25) is 4.79 Å². The summed E-state index contributed by atoms with van der Waals surface area (Å²) < 4.78 is 10.5. The number of benzene rings is 2. The van der Waals surface area contributed by atoms with Crippen LogP contribution in [-0.4, -0.2) is 55.0 Å². The molecular weight excluding hydrogens is 412 g/mol. The first-order valence-electron chi connectivity index (χ1n) is 10.5. The molecule has 0 aliphatic heterocycles. The number of rotatable bonds is 9. The zero-order chi connectivity index (χ0) is 23.3. The van der Waals surface area contributed by atoms with Gasteiger partial charge in [0.15, 0.2) is 6.04 Å². The lowest BCUT2D eigenvalue weighted by molar-refractivity contribution is -0.145. The van der Waals surface area contributed by atoms with Gasteiger partial charge < -0.3 is 25.2 Å². The summed E-state index contributed by atoms with van der Waals surface area (Å²) in [7, 11) is 1.36. The van der Waals surface area contributed by atoms with Crippen LogP contribution >= 0.6 is 0 Å².